The molecule has 3 aromatic carbocycles. The summed E-state index contributed by atoms with van der Waals surface area (Å²) in [6.07, 6.45) is 2.72. The number of anilines is 1. The molecule has 4 aromatic rings. The van der Waals surface area contributed by atoms with Crippen LogP contribution in [0.4, 0.5) is 5.69 Å². The predicted octanol–water partition coefficient (Wildman–Crippen LogP) is 3.69. The van der Waals surface area contributed by atoms with Crippen LogP contribution in [-0.4, -0.2) is 26.1 Å². The Balaban J connectivity index is 1.56. The second-order valence-corrected chi connectivity index (χ2v) is 6.80. The van der Waals surface area contributed by atoms with E-state index in [0.717, 1.165) is 23.2 Å². The van der Waals surface area contributed by atoms with Gasteiger partial charge < -0.3 is 5.32 Å². The lowest BCUT2D eigenvalue weighted by Crippen LogP contribution is -2.28. The molecule has 0 aliphatic heterocycles. The van der Waals surface area contributed by atoms with E-state index in [2.05, 4.69) is 33.0 Å². The first-order chi connectivity index (χ1) is 14.3. The van der Waals surface area contributed by atoms with E-state index in [1.165, 1.54) is 16.6 Å². The molecule has 4 rings (SSSR count). The van der Waals surface area contributed by atoms with E-state index in [-0.39, 0.29) is 5.91 Å². The monoisotopic (exact) mass is 383 g/mol. The lowest BCUT2D eigenvalue weighted by atomic mass is 10.0. The number of hydrogen-bond donors (Lipinski definition) is 1. The van der Waals surface area contributed by atoms with Crippen LogP contribution in [0.1, 0.15) is 22.7 Å². The molecule has 0 unspecified atom stereocenters. The molecule has 0 fully saturated rings. The van der Waals surface area contributed by atoms with Crippen molar-refractivity contribution in [3.63, 3.8) is 0 Å². The van der Waals surface area contributed by atoms with Gasteiger partial charge >= 0.3 is 0 Å². The molecule has 1 aromatic heterocycles. The molecular weight excluding hydrogens is 362 g/mol. The summed E-state index contributed by atoms with van der Waals surface area (Å²) in [5, 5.41) is 14.4. The average molecular weight is 383 g/mol. The molecule has 6 heteroatoms. The summed E-state index contributed by atoms with van der Waals surface area (Å²) >= 11 is 0. The second kappa shape index (κ2) is 8.93. The maximum atomic E-state index is 13.2. The minimum Gasteiger partial charge on any atom is -0.324 e. The Morgan fingerprint density at radius 2 is 1.52 bits per heavy atom. The van der Waals surface area contributed by atoms with Gasteiger partial charge in [-0.15, -0.1) is 5.10 Å². The first-order valence-corrected chi connectivity index (χ1v) is 9.49. The molecule has 0 saturated heterocycles. The van der Waals surface area contributed by atoms with Crippen molar-refractivity contribution in [3.8, 4) is 0 Å². The Morgan fingerprint density at radius 1 is 0.862 bits per heavy atom. The second-order valence-electron chi connectivity index (χ2n) is 6.80. The summed E-state index contributed by atoms with van der Waals surface area (Å²) in [5.41, 5.74) is 4.09. The van der Waals surface area contributed by atoms with Crippen molar-refractivity contribution in [2.24, 2.45) is 0 Å². The number of nitrogens with one attached hydrogen (secondary N) is 1. The third-order valence-electron chi connectivity index (χ3n) is 4.77. The van der Waals surface area contributed by atoms with Gasteiger partial charge in [0.15, 0.2) is 0 Å². The summed E-state index contributed by atoms with van der Waals surface area (Å²) in [4.78, 5) is 13.2. The van der Waals surface area contributed by atoms with Crippen LogP contribution >= 0.6 is 0 Å². The highest BCUT2D eigenvalue weighted by Gasteiger charge is 2.23. The van der Waals surface area contributed by atoms with E-state index in [0.29, 0.717) is 6.42 Å². The number of carbonyl (C=O) groups is 1. The van der Waals surface area contributed by atoms with Crippen molar-refractivity contribution < 1.29 is 4.79 Å². The zero-order valence-corrected chi connectivity index (χ0v) is 15.8. The smallest absolute Gasteiger partial charge is 0.249 e. The molecular formula is C23H21N5O. The highest BCUT2D eigenvalue weighted by Crippen LogP contribution is 2.22. The number of benzene rings is 3. The van der Waals surface area contributed by atoms with Gasteiger partial charge in [0.25, 0.3) is 0 Å². The largest absolute Gasteiger partial charge is 0.324 e. The van der Waals surface area contributed by atoms with E-state index in [9.17, 15) is 4.79 Å². The molecule has 0 saturated carbocycles. The molecule has 6 nitrogen and oxygen atoms in total. The maximum absolute atomic E-state index is 13.2. The van der Waals surface area contributed by atoms with Gasteiger partial charge in [-0.25, -0.2) is 4.68 Å². The number of hydrogen-bond acceptors (Lipinski definition) is 4. The van der Waals surface area contributed by atoms with Gasteiger partial charge in [-0.05, 0) is 39.6 Å². The lowest BCUT2D eigenvalue weighted by Gasteiger charge is -2.18. The van der Waals surface area contributed by atoms with E-state index in [1.54, 1.807) is 0 Å². The number of aromatic nitrogens is 4. The highest BCUT2D eigenvalue weighted by molar-refractivity contribution is 5.94. The van der Waals surface area contributed by atoms with Crippen molar-refractivity contribution in [1.29, 1.82) is 0 Å². The van der Waals surface area contributed by atoms with Gasteiger partial charge in [0.05, 0.1) is 0 Å². The molecule has 0 aliphatic rings. The minimum atomic E-state index is -0.544. The molecule has 1 heterocycles. The van der Waals surface area contributed by atoms with Gasteiger partial charge in [-0.1, -0.05) is 78.9 Å². The van der Waals surface area contributed by atoms with Crippen molar-refractivity contribution in [2.45, 2.75) is 18.9 Å². The number of carbonyl (C=O) groups excluding carboxylic acids is 1. The molecule has 1 atom stereocenters. The Hall–Kier alpha value is -3.80. The van der Waals surface area contributed by atoms with Crippen LogP contribution in [0.25, 0.3) is 0 Å². The summed E-state index contributed by atoms with van der Waals surface area (Å²) in [6, 6.07) is 27.4. The van der Waals surface area contributed by atoms with Crippen LogP contribution in [-0.2, 0) is 17.6 Å². The average Bonchev–Trinajstić information content (AvgIpc) is 3.29. The number of para-hydroxylation sites is 1. The number of tetrazole rings is 1. The Bertz CT molecular complexity index is 1050. The molecule has 0 radical (unpaired) electrons. The van der Waals surface area contributed by atoms with E-state index < -0.39 is 6.04 Å². The molecule has 1 amide bonds. The van der Waals surface area contributed by atoms with Crippen molar-refractivity contribution in [1.82, 2.24) is 20.2 Å². The zero-order valence-electron chi connectivity index (χ0n) is 15.8. The standard InChI is InChI=1S/C23H21N5O/c29-23(22(28-17-24-26-27-28)16-19-11-5-2-6-12-19)25-21-14-8-7-13-20(21)15-18-9-3-1-4-10-18/h1-14,17,22H,15-16H2,(H,25,29)/t22-/m0/s1. The first-order valence-electron chi connectivity index (χ1n) is 9.49. The summed E-state index contributed by atoms with van der Waals surface area (Å²) in [7, 11) is 0. The van der Waals surface area contributed by atoms with Gasteiger partial charge in [0.1, 0.15) is 12.4 Å². The molecule has 0 spiro atoms. The van der Waals surface area contributed by atoms with E-state index in [1.807, 2.05) is 72.8 Å². The van der Waals surface area contributed by atoms with E-state index >= 15 is 0 Å². The van der Waals surface area contributed by atoms with Crippen molar-refractivity contribution in [2.75, 3.05) is 5.32 Å². The van der Waals surface area contributed by atoms with Crippen LogP contribution in [0.3, 0.4) is 0 Å². The third kappa shape index (κ3) is 4.73. The molecule has 0 bridgehead atoms. The van der Waals surface area contributed by atoms with Crippen LogP contribution in [0, 0.1) is 0 Å². The minimum absolute atomic E-state index is 0.151. The summed E-state index contributed by atoms with van der Waals surface area (Å²) < 4.78 is 1.50. The highest BCUT2D eigenvalue weighted by atomic mass is 16.2. The lowest BCUT2D eigenvalue weighted by molar-refractivity contribution is -0.119. The van der Waals surface area contributed by atoms with Gasteiger partial charge in [-0.2, -0.15) is 0 Å². The SMILES string of the molecule is O=C(Nc1ccccc1Cc1ccccc1)[C@H](Cc1ccccc1)n1cnnn1. The fraction of sp³-hybridized carbons (Fsp3) is 0.130. The van der Waals surface area contributed by atoms with Crippen molar-refractivity contribution in [3.05, 3.63) is 108 Å². The number of rotatable bonds is 7. The summed E-state index contributed by atoms with van der Waals surface area (Å²) in [6.45, 7) is 0. The molecule has 0 aliphatic carbocycles. The Labute approximate surface area is 169 Å². The molecule has 1 N–H and O–H groups in total. The van der Waals surface area contributed by atoms with Gasteiger partial charge in [-0.3, -0.25) is 4.79 Å². The van der Waals surface area contributed by atoms with Crippen molar-refractivity contribution >= 4 is 11.6 Å². The Kier molecular flexibility index (Phi) is 5.71. The topological polar surface area (TPSA) is 72.7 Å². The number of amides is 1. The van der Waals surface area contributed by atoms with Gasteiger partial charge in [0.2, 0.25) is 5.91 Å². The van der Waals surface area contributed by atoms with Crippen LogP contribution in [0.5, 0.6) is 0 Å². The van der Waals surface area contributed by atoms with Crippen LogP contribution in [0.15, 0.2) is 91.3 Å². The molecule has 144 valence electrons. The fourth-order valence-electron chi connectivity index (χ4n) is 3.28. The van der Waals surface area contributed by atoms with Crippen LogP contribution in [0.2, 0.25) is 0 Å². The number of nitrogens with zero attached hydrogens (tertiary/aromatic N) is 4. The normalized spacial score (nSPS) is 11.7. The first kappa shape index (κ1) is 18.6. The van der Waals surface area contributed by atoms with Crippen LogP contribution < -0.4 is 5.32 Å². The summed E-state index contributed by atoms with van der Waals surface area (Å²) in [5.74, 6) is -0.151. The maximum Gasteiger partial charge on any atom is 0.249 e. The van der Waals surface area contributed by atoms with E-state index in [4.69, 9.17) is 0 Å². The predicted molar refractivity (Wildman–Crippen MR) is 111 cm³/mol. The Morgan fingerprint density at radius 3 is 2.21 bits per heavy atom. The third-order valence-corrected chi connectivity index (χ3v) is 4.77. The zero-order chi connectivity index (χ0) is 19.9. The quantitative estimate of drug-likeness (QED) is 0.528. The fourth-order valence-corrected chi connectivity index (χ4v) is 3.28. The molecule has 29 heavy (non-hydrogen) atoms. The van der Waals surface area contributed by atoms with Gasteiger partial charge in [0, 0.05) is 12.1 Å².